The Morgan fingerprint density at radius 1 is 1.35 bits per heavy atom. The van der Waals surface area contributed by atoms with Gasteiger partial charge in [-0.25, -0.2) is 8.42 Å². The zero-order valence-corrected chi connectivity index (χ0v) is 12.4. The van der Waals surface area contributed by atoms with E-state index in [1.165, 1.54) is 0 Å². The summed E-state index contributed by atoms with van der Waals surface area (Å²) in [6.07, 6.45) is 0.390. The van der Waals surface area contributed by atoms with Crippen LogP contribution in [-0.2, 0) is 14.6 Å². The van der Waals surface area contributed by atoms with Crippen molar-refractivity contribution in [3.63, 3.8) is 0 Å². The first-order chi connectivity index (χ1) is 9.37. The highest BCUT2D eigenvalue weighted by molar-refractivity contribution is 7.91. The van der Waals surface area contributed by atoms with E-state index in [9.17, 15) is 13.2 Å². The highest BCUT2D eigenvalue weighted by Crippen LogP contribution is 2.27. The summed E-state index contributed by atoms with van der Waals surface area (Å²) >= 11 is 0. The lowest BCUT2D eigenvalue weighted by atomic mass is 10.1. The van der Waals surface area contributed by atoms with Crippen molar-refractivity contribution in [2.45, 2.75) is 26.4 Å². The van der Waals surface area contributed by atoms with E-state index in [1.54, 1.807) is 18.2 Å². The number of carbonyl (C=O) groups excluding carboxylic acids is 1. The minimum atomic E-state index is -3.05. The highest BCUT2D eigenvalue weighted by atomic mass is 32.2. The van der Waals surface area contributed by atoms with E-state index in [-0.39, 0.29) is 23.5 Å². The maximum Gasteiger partial charge on any atom is 0.228 e. The fourth-order valence-corrected chi connectivity index (χ4v) is 3.90. The third-order valence-electron chi connectivity index (χ3n) is 3.11. The molecule has 1 aromatic rings. The van der Waals surface area contributed by atoms with Gasteiger partial charge in [0, 0.05) is 0 Å². The molecule has 6 heteroatoms. The van der Waals surface area contributed by atoms with Gasteiger partial charge in [-0.2, -0.15) is 0 Å². The zero-order valence-electron chi connectivity index (χ0n) is 11.6. The lowest BCUT2D eigenvalue weighted by Gasteiger charge is -2.16. The van der Waals surface area contributed by atoms with Crippen LogP contribution in [-0.4, -0.2) is 31.9 Å². The van der Waals surface area contributed by atoms with E-state index in [0.717, 1.165) is 0 Å². The summed E-state index contributed by atoms with van der Waals surface area (Å²) in [5, 5.41) is 2.77. The Labute approximate surface area is 119 Å². The molecule has 0 saturated carbocycles. The molecule has 0 spiro atoms. The standard InChI is InChI=1S/C14H19NO4S/c1-10(2)19-13-6-4-3-5-12(13)15-14(16)11-7-8-20(17,18)9-11/h3-6,10-11H,7-9H2,1-2H3,(H,15,16). The Morgan fingerprint density at radius 3 is 2.65 bits per heavy atom. The second kappa shape index (κ2) is 5.83. The number of para-hydroxylation sites is 2. The Morgan fingerprint density at radius 2 is 2.05 bits per heavy atom. The van der Waals surface area contributed by atoms with E-state index >= 15 is 0 Å². The summed E-state index contributed by atoms with van der Waals surface area (Å²) in [6.45, 7) is 3.81. The lowest BCUT2D eigenvalue weighted by molar-refractivity contribution is -0.119. The number of hydrogen-bond donors (Lipinski definition) is 1. The largest absolute Gasteiger partial charge is 0.489 e. The molecule has 0 radical (unpaired) electrons. The molecule has 1 fully saturated rings. The summed E-state index contributed by atoms with van der Waals surface area (Å²) in [5.41, 5.74) is 0.579. The monoisotopic (exact) mass is 297 g/mol. The topological polar surface area (TPSA) is 72.5 Å². The molecule has 1 unspecified atom stereocenters. The molecule has 0 aromatic heterocycles. The minimum absolute atomic E-state index is 0.0000830. The third-order valence-corrected chi connectivity index (χ3v) is 4.88. The minimum Gasteiger partial charge on any atom is -0.489 e. The van der Waals surface area contributed by atoms with Crippen LogP contribution in [0.2, 0.25) is 0 Å². The quantitative estimate of drug-likeness (QED) is 0.920. The van der Waals surface area contributed by atoms with Gasteiger partial charge in [-0.05, 0) is 32.4 Å². The molecule has 1 atom stereocenters. The number of benzene rings is 1. The smallest absolute Gasteiger partial charge is 0.228 e. The van der Waals surface area contributed by atoms with Crippen molar-refractivity contribution < 1.29 is 17.9 Å². The van der Waals surface area contributed by atoms with E-state index < -0.39 is 15.8 Å². The Bertz CT molecular complexity index is 595. The van der Waals surface area contributed by atoms with E-state index in [4.69, 9.17) is 4.74 Å². The van der Waals surface area contributed by atoms with Crippen molar-refractivity contribution in [3.8, 4) is 5.75 Å². The molecule has 1 aliphatic rings. The van der Waals surface area contributed by atoms with Crippen molar-refractivity contribution in [3.05, 3.63) is 24.3 Å². The fourth-order valence-electron chi connectivity index (χ4n) is 2.16. The number of sulfone groups is 1. The van der Waals surface area contributed by atoms with Crippen molar-refractivity contribution in [2.24, 2.45) is 5.92 Å². The number of ether oxygens (including phenoxy) is 1. The van der Waals surface area contributed by atoms with Gasteiger partial charge in [0.1, 0.15) is 5.75 Å². The Kier molecular flexibility index (Phi) is 4.32. The number of rotatable bonds is 4. The summed E-state index contributed by atoms with van der Waals surface area (Å²) in [7, 11) is -3.05. The van der Waals surface area contributed by atoms with E-state index in [2.05, 4.69) is 5.32 Å². The molecule has 20 heavy (non-hydrogen) atoms. The molecule has 1 aliphatic heterocycles. The maximum atomic E-state index is 12.1. The zero-order chi connectivity index (χ0) is 14.8. The number of carbonyl (C=O) groups is 1. The number of nitrogens with one attached hydrogen (secondary N) is 1. The third kappa shape index (κ3) is 3.72. The number of hydrogen-bond acceptors (Lipinski definition) is 4. The summed E-state index contributed by atoms with van der Waals surface area (Å²) < 4.78 is 28.4. The predicted octanol–water partition coefficient (Wildman–Crippen LogP) is 1.85. The number of amides is 1. The van der Waals surface area contributed by atoms with Crippen LogP contribution in [0.3, 0.4) is 0 Å². The van der Waals surface area contributed by atoms with Crippen LogP contribution in [0.25, 0.3) is 0 Å². The second-order valence-electron chi connectivity index (χ2n) is 5.25. The van der Waals surface area contributed by atoms with Crippen molar-refractivity contribution in [1.29, 1.82) is 0 Å². The van der Waals surface area contributed by atoms with Crippen LogP contribution in [0, 0.1) is 5.92 Å². The predicted molar refractivity (Wildman–Crippen MR) is 77.6 cm³/mol. The van der Waals surface area contributed by atoms with Gasteiger partial charge in [-0.15, -0.1) is 0 Å². The molecule has 5 nitrogen and oxygen atoms in total. The molecule has 1 aromatic carbocycles. The van der Waals surface area contributed by atoms with Crippen molar-refractivity contribution >= 4 is 21.4 Å². The van der Waals surface area contributed by atoms with Gasteiger partial charge in [0.2, 0.25) is 5.91 Å². The van der Waals surface area contributed by atoms with Gasteiger partial charge >= 0.3 is 0 Å². The molecule has 2 rings (SSSR count). The van der Waals surface area contributed by atoms with Gasteiger partial charge < -0.3 is 10.1 Å². The Hall–Kier alpha value is -1.56. The molecule has 1 amide bonds. The van der Waals surface area contributed by atoms with Gasteiger partial charge in [0.15, 0.2) is 9.84 Å². The van der Waals surface area contributed by atoms with Crippen molar-refractivity contribution in [1.82, 2.24) is 0 Å². The number of anilines is 1. The van der Waals surface area contributed by atoms with Crippen LogP contribution >= 0.6 is 0 Å². The van der Waals surface area contributed by atoms with Gasteiger partial charge in [0.25, 0.3) is 0 Å². The van der Waals surface area contributed by atoms with Crippen LogP contribution < -0.4 is 10.1 Å². The fraction of sp³-hybridized carbons (Fsp3) is 0.500. The first-order valence-electron chi connectivity index (χ1n) is 6.64. The molecular weight excluding hydrogens is 278 g/mol. The average Bonchev–Trinajstić information content (AvgIpc) is 2.71. The maximum absolute atomic E-state index is 12.1. The molecule has 0 aliphatic carbocycles. The van der Waals surface area contributed by atoms with Crippen molar-refractivity contribution in [2.75, 3.05) is 16.8 Å². The molecule has 1 N–H and O–H groups in total. The Balaban J connectivity index is 2.08. The molecule has 0 bridgehead atoms. The SMILES string of the molecule is CC(C)Oc1ccccc1NC(=O)C1CCS(=O)(=O)C1. The van der Waals surface area contributed by atoms with Gasteiger partial charge in [0.05, 0.1) is 29.2 Å². The van der Waals surface area contributed by atoms with Gasteiger partial charge in [-0.1, -0.05) is 12.1 Å². The molecule has 1 heterocycles. The summed E-state index contributed by atoms with van der Waals surface area (Å²) in [5.74, 6) is -0.101. The molecular formula is C14H19NO4S. The normalized spacial score (nSPS) is 20.9. The van der Waals surface area contributed by atoms with Crippen LogP contribution in [0.4, 0.5) is 5.69 Å². The summed E-state index contributed by atoms with van der Waals surface area (Å²) in [4.78, 5) is 12.1. The lowest BCUT2D eigenvalue weighted by Crippen LogP contribution is -2.24. The second-order valence-corrected chi connectivity index (χ2v) is 7.48. The first kappa shape index (κ1) is 14.8. The van der Waals surface area contributed by atoms with E-state index in [0.29, 0.717) is 17.9 Å². The van der Waals surface area contributed by atoms with Crippen LogP contribution in [0.5, 0.6) is 5.75 Å². The van der Waals surface area contributed by atoms with Crippen LogP contribution in [0.1, 0.15) is 20.3 Å². The molecule has 1 saturated heterocycles. The summed E-state index contributed by atoms with van der Waals surface area (Å²) in [6, 6.07) is 7.15. The first-order valence-corrected chi connectivity index (χ1v) is 8.46. The highest BCUT2D eigenvalue weighted by Gasteiger charge is 2.33. The van der Waals surface area contributed by atoms with Gasteiger partial charge in [-0.3, -0.25) is 4.79 Å². The van der Waals surface area contributed by atoms with E-state index in [1.807, 2.05) is 19.9 Å². The van der Waals surface area contributed by atoms with Crippen LogP contribution in [0.15, 0.2) is 24.3 Å². The molecule has 110 valence electrons. The average molecular weight is 297 g/mol.